The monoisotopic (exact) mass is 520 g/mol. The first kappa shape index (κ1) is 25.5. The van der Waals surface area contributed by atoms with Gasteiger partial charge in [0.15, 0.2) is 0 Å². The molecule has 4 amide bonds. The summed E-state index contributed by atoms with van der Waals surface area (Å²) in [5, 5.41) is 13.7. The predicted octanol–water partition coefficient (Wildman–Crippen LogP) is 3.28. The van der Waals surface area contributed by atoms with Crippen LogP contribution in [-0.2, 0) is 9.59 Å². The number of nitro benzene ring substituents is 1. The van der Waals surface area contributed by atoms with E-state index in [1.54, 1.807) is 9.80 Å². The summed E-state index contributed by atoms with van der Waals surface area (Å²) in [4.78, 5) is 57.5. The fraction of sp³-hybridized carbons (Fsp3) is 0.444. The molecule has 2 aromatic rings. The number of non-ortho nitro benzene ring substituents is 1. The summed E-state index contributed by atoms with van der Waals surface area (Å²) < 4.78 is 0. The highest BCUT2D eigenvalue weighted by atomic mass is 16.6. The third kappa shape index (κ3) is 5.00. The van der Waals surface area contributed by atoms with Gasteiger partial charge in [-0.05, 0) is 56.4 Å². The number of benzene rings is 2. The van der Waals surface area contributed by atoms with Gasteiger partial charge >= 0.3 is 6.03 Å². The first-order valence-electron chi connectivity index (χ1n) is 13.1. The lowest BCUT2D eigenvalue weighted by atomic mass is 9.85. The molecule has 2 aromatic carbocycles. The molecule has 3 aliphatic rings. The molecule has 0 saturated carbocycles. The Morgan fingerprint density at radius 1 is 0.895 bits per heavy atom. The van der Waals surface area contributed by atoms with Crippen LogP contribution in [0.2, 0.25) is 0 Å². The van der Waals surface area contributed by atoms with E-state index >= 15 is 0 Å². The standard InChI is InChI=1S/C27H32N6O5/c34-24(29-15-5-2-6-16-29)19-31-20-32(22-7-3-1-4-8-22)27(25(31)35)13-17-30(18-14-27)26(36)28-21-9-11-23(12-10-21)33(37)38/h1,3-4,7-12H,2,5-6,13-20H2,(H,28,36). The number of nitro groups is 1. The first-order valence-corrected chi connectivity index (χ1v) is 13.1. The molecule has 0 aliphatic carbocycles. The van der Waals surface area contributed by atoms with Gasteiger partial charge in [0.25, 0.3) is 11.6 Å². The molecule has 3 fully saturated rings. The molecular formula is C27H32N6O5. The summed E-state index contributed by atoms with van der Waals surface area (Å²) in [7, 11) is 0. The van der Waals surface area contributed by atoms with Gasteiger partial charge in [0, 0.05) is 49.7 Å². The van der Waals surface area contributed by atoms with Crippen LogP contribution in [0.25, 0.3) is 0 Å². The van der Waals surface area contributed by atoms with Crippen molar-refractivity contribution in [2.24, 2.45) is 0 Å². The lowest BCUT2D eigenvalue weighted by Gasteiger charge is -2.43. The molecule has 0 unspecified atom stereocenters. The SMILES string of the molecule is O=C(CN1CN(c2ccccc2)C2(CCN(C(=O)Nc3ccc([N+](=O)[O-])cc3)CC2)C1=O)N1CCCCC1. The van der Waals surface area contributed by atoms with Crippen LogP contribution in [0, 0.1) is 10.1 Å². The zero-order valence-corrected chi connectivity index (χ0v) is 21.3. The Labute approximate surface area is 221 Å². The number of rotatable bonds is 5. The number of nitrogens with zero attached hydrogens (tertiary/aromatic N) is 5. The number of urea groups is 1. The van der Waals surface area contributed by atoms with Crippen molar-refractivity contribution in [3.63, 3.8) is 0 Å². The molecule has 38 heavy (non-hydrogen) atoms. The van der Waals surface area contributed by atoms with Gasteiger partial charge < -0.3 is 24.9 Å². The minimum Gasteiger partial charge on any atom is -0.341 e. The fourth-order valence-electron chi connectivity index (χ4n) is 5.68. The first-order chi connectivity index (χ1) is 18.4. The number of hydrogen-bond acceptors (Lipinski definition) is 6. The molecule has 3 aliphatic heterocycles. The van der Waals surface area contributed by atoms with E-state index in [1.165, 1.54) is 24.3 Å². The number of piperidine rings is 2. The lowest BCUT2D eigenvalue weighted by Crippen LogP contribution is -2.58. The van der Waals surface area contributed by atoms with E-state index in [1.807, 2.05) is 35.2 Å². The molecule has 3 saturated heterocycles. The number of anilines is 2. The third-order valence-corrected chi connectivity index (χ3v) is 7.82. The van der Waals surface area contributed by atoms with E-state index in [0.29, 0.717) is 38.3 Å². The second-order valence-electron chi connectivity index (χ2n) is 10.1. The van der Waals surface area contributed by atoms with Crippen LogP contribution >= 0.6 is 0 Å². The molecule has 0 aromatic heterocycles. The van der Waals surface area contributed by atoms with Crippen molar-refractivity contribution in [1.29, 1.82) is 0 Å². The summed E-state index contributed by atoms with van der Waals surface area (Å²) >= 11 is 0. The van der Waals surface area contributed by atoms with Crippen LogP contribution in [0.5, 0.6) is 0 Å². The van der Waals surface area contributed by atoms with Crippen molar-refractivity contribution in [3.05, 3.63) is 64.7 Å². The van der Waals surface area contributed by atoms with Gasteiger partial charge in [0.2, 0.25) is 5.91 Å². The van der Waals surface area contributed by atoms with Crippen molar-refractivity contribution in [2.45, 2.75) is 37.6 Å². The van der Waals surface area contributed by atoms with E-state index in [0.717, 1.165) is 38.0 Å². The molecule has 0 radical (unpaired) electrons. The van der Waals surface area contributed by atoms with Crippen molar-refractivity contribution in [3.8, 4) is 0 Å². The zero-order valence-electron chi connectivity index (χ0n) is 21.3. The minimum absolute atomic E-state index is 0.0111. The molecule has 1 N–H and O–H groups in total. The molecule has 11 heteroatoms. The highest BCUT2D eigenvalue weighted by Crippen LogP contribution is 2.39. The average molecular weight is 521 g/mol. The highest BCUT2D eigenvalue weighted by molar-refractivity contribution is 5.97. The van der Waals surface area contributed by atoms with Gasteiger partial charge in [-0.25, -0.2) is 4.79 Å². The summed E-state index contributed by atoms with van der Waals surface area (Å²) in [5.41, 5.74) is 0.504. The smallest absolute Gasteiger partial charge is 0.321 e. The van der Waals surface area contributed by atoms with E-state index in [4.69, 9.17) is 0 Å². The number of nitrogens with one attached hydrogen (secondary N) is 1. The maximum absolute atomic E-state index is 13.9. The topological polar surface area (TPSA) is 119 Å². The number of para-hydroxylation sites is 1. The quantitative estimate of drug-likeness (QED) is 0.477. The van der Waals surface area contributed by atoms with Crippen LogP contribution in [0.15, 0.2) is 54.6 Å². The van der Waals surface area contributed by atoms with Crippen LogP contribution in [0.4, 0.5) is 21.9 Å². The van der Waals surface area contributed by atoms with Gasteiger partial charge in [-0.3, -0.25) is 19.7 Å². The Morgan fingerprint density at radius 3 is 2.18 bits per heavy atom. The number of carbonyl (C=O) groups is 3. The van der Waals surface area contributed by atoms with E-state index in [2.05, 4.69) is 10.2 Å². The summed E-state index contributed by atoms with van der Waals surface area (Å²) in [6.45, 7) is 2.61. The number of hydrogen-bond donors (Lipinski definition) is 1. The molecule has 5 rings (SSSR count). The summed E-state index contributed by atoms with van der Waals surface area (Å²) in [5.74, 6) is -0.0786. The number of amides is 4. The van der Waals surface area contributed by atoms with Crippen molar-refractivity contribution in [2.75, 3.05) is 49.6 Å². The largest absolute Gasteiger partial charge is 0.341 e. The zero-order chi connectivity index (χ0) is 26.7. The molecule has 0 bridgehead atoms. The molecular weight excluding hydrogens is 488 g/mol. The second-order valence-corrected chi connectivity index (χ2v) is 10.1. The minimum atomic E-state index is -0.826. The molecule has 200 valence electrons. The highest BCUT2D eigenvalue weighted by Gasteiger charge is 2.54. The maximum Gasteiger partial charge on any atom is 0.321 e. The number of likely N-dealkylation sites (tertiary alicyclic amines) is 2. The number of carbonyl (C=O) groups excluding carboxylic acids is 3. The van der Waals surface area contributed by atoms with E-state index in [-0.39, 0.29) is 30.1 Å². The summed E-state index contributed by atoms with van der Waals surface area (Å²) in [6, 6.07) is 15.1. The van der Waals surface area contributed by atoms with Gasteiger partial charge in [0.1, 0.15) is 12.1 Å². The Hall–Kier alpha value is -4.15. The average Bonchev–Trinajstić information content (AvgIpc) is 3.20. The van der Waals surface area contributed by atoms with Crippen LogP contribution in [0.1, 0.15) is 32.1 Å². The van der Waals surface area contributed by atoms with E-state index in [9.17, 15) is 24.5 Å². The third-order valence-electron chi connectivity index (χ3n) is 7.82. The van der Waals surface area contributed by atoms with Crippen molar-refractivity contribution in [1.82, 2.24) is 14.7 Å². The molecule has 1 spiro atoms. The van der Waals surface area contributed by atoms with Crippen LogP contribution < -0.4 is 10.2 Å². The Balaban J connectivity index is 1.28. The van der Waals surface area contributed by atoms with Gasteiger partial charge in [-0.2, -0.15) is 0 Å². The fourth-order valence-corrected chi connectivity index (χ4v) is 5.68. The molecule has 0 atom stereocenters. The molecule has 11 nitrogen and oxygen atoms in total. The van der Waals surface area contributed by atoms with Gasteiger partial charge in [0.05, 0.1) is 11.6 Å². The Bertz CT molecular complexity index is 1190. The van der Waals surface area contributed by atoms with Crippen LogP contribution in [-0.4, -0.2) is 82.4 Å². The lowest BCUT2D eigenvalue weighted by molar-refractivity contribution is -0.384. The Kier molecular flexibility index (Phi) is 7.17. The normalized spacial score (nSPS) is 19.1. The summed E-state index contributed by atoms with van der Waals surface area (Å²) in [6.07, 6.45) is 3.99. The maximum atomic E-state index is 13.9. The molecule has 3 heterocycles. The van der Waals surface area contributed by atoms with Gasteiger partial charge in [-0.1, -0.05) is 18.2 Å². The van der Waals surface area contributed by atoms with Gasteiger partial charge in [-0.15, -0.1) is 0 Å². The van der Waals surface area contributed by atoms with Crippen molar-refractivity contribution < 1.29 is 19.3 Å². The van der Waals surface area contributed by atoms with Crippen molar-refractivity contribution >= 4 is 34.9 Å². The second kappa shape index (κ2) is 10.7. The van der Waals surface area contributed by atoms with Crippen LogP contribution in [0.3, 0.4) is 0 Å². The Morgan fingerprint density at radius 2 is 1.55 bits per heavy atom. The predicted molar refractivity (Wildman–Crippen MR) is 142 cm³/mol. The van der Waals surface area contributed by atoms with E-state index < -0.39 is 10.5 Å².